The maximum atomic E-state index is 12.3. The number of rotatable bonds is 2. The number of hydrogen-bond acceptors (Lipinski definition) is 2. The van der Waals surface area contributed by atoms with Crippen LogP contribution in [0.15, 0.2) is 12.1 Å². The predicted molar refractivity (Wildman–Crippen MR) is 80.2 cm³/mol. The first kappa shape index (κ1) is 13.2. The second-order valence-corrected chi connectivity index (χ2v) is 5.95. The molecule has 106 valence electrons. The Morgan fingerprint density at radius 1 is 1.20 bits per heavy atom. The Kier molecular flexibility index (Phi) is 3.28. The van der Waals surface area contributed by atoms with Crippen LogP contribution in [0.5, 0.6) is 0 Å². The molecule has 1 aliphatic carbocycles. The van der Waals surface area contributed by atoms with E-state index in [1.807, 2.05) is 20.8 Å². The lowest BCUT2D eigenvalue weighted by Gasteiger charge is -2.15. The van der Waals surface area contributed by atoms with E-state index < -0.39 is 0 Å². The molecule has 1 N–H and O–H groups in total. The lowest BCUT2D eigenvalue weighted by Crippen LogP contribution is -2.12. The van der Waals surface area contributed by atoms with Gasteiger partial charge in [-0.1, -0.05) is 0 Å². The van der Waals surface area contributed by atoms with Gasteiger partial charge in [-0.25, -0.2) is 4.79 Å². The smallest absolute Gasteiger partial charge is 0.340 e. The molecule has 0 fully saturated rings. The highest BCUT2D eigenvalue weighted by atomic mass is 16.5. The van der Waals surface area contributed by atoms with Gasteiger partial charge < -0.3 is 9.72 Å². The summed E-state index contributed by atoms with van der Waals surface area (Å²) in [5, 5.41) is 1.01. The quantitative estimate of drug-likeness (QED) is 0.841. The van der Waals surface area contributed by atoms with Gasteiger partial charge in [-0.05, 0) is 69.7 Å². The Bertz CT molecular complexity index is 667. The molecular formula is C17H21NO2. The van der Waals surface area contributed by atoms with E-state index in [1.54, 1.807) is 0 Å². The third-order valence-corrected chi connectivity index (χ3v) is 4.00. The van der Waals surface area contributed by atoms with Crippen molar-refractivity contribution in [3.05, 3.63) is 34.5 Å². The minimum atomic E-state index is -0.223. The first-order chi connectivity index (χ1) is 9.56. The molecule has 0 bridgehead atoms. The predicted octanol–water partition coefficient (Wildman–Crippen LogP) is 3.92. The molecule has 3 rings (SSSR count). The van der Waals surface area contributed by atoms with E-state index in [4.69, 9.17) is 4.74 Å². The van der Waals surface area contributed by atoms with E-state index >= 15 is 0 Å². The van der Waals surface area contributed by atoms with Crippen molar-refractivity contribution >= 4 is 16.9 Å². The molecule has 1 heterocycles. The van der Waals surface area contributed by atoms with Gasteiger partial charge >= 0.3 is 5.97 Å². The van der Waals surface area contributed by atoms with Gasteiger partial charge in [0.25, 0.3) is 0 Å². The monoisotopic (exact) mass is 271 g/mol. The summed E-state index contributed by atoms with van der Waals surface area (Å²) in [4.78, 5) is 15.6. The number of hydrogen-bond donors (Lipinski definition) is 1. The Labute approximate surface area is 119 Å². The van der Waals surface area contributed by atoms with Crippen LogP contribution in [-0.4, -0.2) is 17.1 Å². The number of carbonyl (C=O) groups excluding carboxylic acids is 1. The zero-order valence-corrected chi connectivity index (χ0v) is 12.4. The third-order valence-electron chi connectivity index (χ3n) is 4.00. The normalized spacial score (nSPS) is 14.6. The summed E-state index contributed by atoms with van der Waals surface area (Å²) >= 11 is 0. The molecule has 3 heteroatoms. The van der Waals surface area contributed by atoms with Crippen molar-refractivity contribution < 1.29 is 9.53 Å². The summed E-state index contributed by atoms with van der Waals surface area (Å²) in [7, 11) is 0. The Morgan fingerprint density at radius 2 is 1.85 bits per heavy atom. The molecule has 0 aliphatic heterocycles. The maximum absolute atomic E-state index is 12.3. The fourth-order valence-electron chi connectivity index (χ4n) is 3.10. The molecule has 0 spiro atoms. The highest BCUT2D eigenvalue weighted by molar-refractivity contribution is 6.06. The second-order valence-electron chi connectivity index (χ2n) is 5.95. The summed E-state index contributed by atoms with van der Waals surface area (Å²) in [6.07, 6.45) is 4.68. The van der Waals surface area contributed by atoms with E-state index in [1.165, 1.54) is 24.0 Å². The van der Waals surface area contributed by atoms with Crippen LogP contribution in [0.4, 0.5) is 0 Å². The first-order valence-electron chi connectivity index (χ1n) is 7.41. The molecule has 1 aliphatic rings. The van der Waals surface area contributed by atoms with Gasteiger partial charge in [0, 0.05) is 16.6 Å². The number of ether oxygens (including phenoxy) is 1. The van der Waals surface area contributed by atoms with E-state index in [-0.39, 0.29) is 12.1 Å². The Hall–Kier alpha value is -1.77. The summed E-state index contributed by atoms with van der Waals surface area (Å²) in [6.45, 7) is 5.70. The number of H-pyrrole nitrogens is 1. The van der Waals surface area contributed by atoms with Gasteiger partial charge in [-0.3, -0.25) is 0 Å². The summed E-state index contributed by atoms with van der Waals surface area (Å²) in [5.41, 5.74) is 5.46. The number of aromatic nitrogens is 1. The van der Waals surface area contributed by atoms with Crippen molar-refractivity contribution in [2.45, 2.75) is 52.6 Å². The van der Waals surface area contributed by atoms with E-state index in [0.29, 0.717) is 5.56 Å². The van der Waals surface area contributed by atoms with Crippen LogP contribution in [0.2, 0.25) is 0 Å². The Morgan fingerprint density at radius 3 is 2.50 bits per heavy atom. The van der Waals surface area contributed by atoms with Crippen molar-refractivity contribution in [1.29, 1.82) is 0 Å². The fourth-order valence-corrected chi connectivity index (χ4v) is 3.10. The molecule has 0 saturated heterocycles. The second kappa shape index (κ2) is 4.97. The molecule has 0 saturated carbocycles. The number of esters is 1. The van der Waals surface area contributed by atoms with Gasteiger partial charge in [0.05, 0.1) is 11.7 Å². The van der Waals surface area contributed by atoms with E-state index in [2.05, 4.69) is 17.1 Å². The standard InChI is InChI=1S/C17H21NO2/c1-10(2)20-17(19)16-11(3)18-15-9-13-7-5-4-6-12(13)8-14(15)16/h8-10,18H,4-7H2,1-3H3. The lowest BCUT2D eigenvalue weighted by molar-refractivity contribution is 0.0379. The van der Waals surface area contributed by atoms with Gasteiger partial charge in [-0.2, -0.15) is 0 Å². The SMILES string of the molecule is Cc1[nH]c2cc3c(cc2c1C(=O)OC(C)C)CCCC3. The van der Waals surface area contributed by atoms with Crippen LogP contribution in [0.3, 0.4) is 0 Å². The van der Waals surface area contributed by atoms with E-state index in [0.717, 1.165) is 29.4 Å². The highest BCUT2D eigenvalue weighted by Crippen LogP contribution is 2.30. The maximum Gasteiger partial charge on any atom is 0.340 e. The zero-order chi connectivity index (χ0) is 14.3. The highest BCUT2D eigenvalue weighted by Gasteiger charge is 2.20. The molecule has 0 unspecified atom stereocenters. The molecule has 0 amide bonds. The molecule has 20 heavy (non-hydrogen) atoms. The van der Waals surface area contributed by atoms with Gasteiger partial charge in [-0.15, -0.1) is 0 Å². The summed E-state index contributed by atoms with van der Waals surface area (Å²) < 4.78 is 5.37. The average molecular weight is 271 g/mol. The molecule has 3 nitrogen and oxygen atoms in total. The minimum Gasteiger partial charge on any atom is -0.459 e. The zero-order valence-electron chi connectivity index (χ0n) is 12.4. The molecule has 2 aromatic rings. The van der Waals surface area contributed by atoms with Crippen molar-refractivity contribution in [1.82, 2.24) is 4.98 Å². The molecule has 1 aromatic carbocycles. The molecule has 0 atom stereocenters. The van der Waals surface area contributed by atoms with Crippen molar-refractivity contribution in [3.8, 4) is 0 Å². The first-order valence-corrected chi connectivity index (χ1v) is 7.41. The van der Waals surface area contributed by atoms with Crippen molar-refractivity contribution in [2.75, 3.05) is 0 Å². The van der Waals surface area contributed by atoms with Crippen LogP contribution >= 0.6 is 0 Å². The number of aromatic amines is 1. The Balaban J connectivity index is 2.12. The number of nitrogens with one attached hydrogen (secondary N) is 1. The molecule has 1 aromatic heterocycles. The van der Waals surface area contributed by atoms with Crippen LogP contribution in [0.25, 0.3) is 10.9 Å². The van der Waals surface area contributed by atoms with Crippen molar-refractivity contribution in [3.63, 3.8) is 0 Å². The summed E-state index contributed by atoms with van der Waals surface area (Å²) in [5.74, 6) is -0.223. The largest absolute Gasteiger partial charge is 0.459 e. The summed E-state index contributed by atoms with van der Waals surface area (Å²) in [6, 6.07) is 4.40. The number of aryl methyl sites for hydroxylation is 3. The van der Waals surface area contributed by atoms with Gasteiger partial charge in [0.15, 0.2) is 0 Å². The number of fused-ring (bicyclic) bond motifs is 2. The van der Waals surface area contributed by atoms with Crippen LogP contribution < -0.4 is 0 Å². The van der Waals surface area contributed by atoms with Gasteiger partial charge in [0.1, 0.15) is 0 Å². The molecular weight excluding hydrogens is 250 g/mol. The fraction of sp³-hybridized carbons (Fsp3) is 0.471. The topological polar surface area (TPSA) is 42.1 Å². The number of benzene rings is 1. The van der Waals surface area contributed by atoms with Crippen LogP contribution in [0, 0.1) is 6.92 Å². The van der Waals surface area contributed by atoms with Crippen LogP contribution in [0.1, 0.15) is 53.9 Å². The lowest BCUT2D eigenvalue weighted by atomic mass is 9.90. The van der Waals surface area contributed by atoms with Gasteiger partial charge in [0.2, 0.25) is 0 Å². The molecule has 0 radical (unpaired) electrons. The van der Waals surface area contributed by atoms with Crippen molar-refractivity contribution in [2.24, 2.45) is 0 Å². The number of carbonyl (C=O) groups is 1. The average Bonchev–Trinajstić information content (AvgIpc) is 2.70. The third kappa shape index (κ3) is 2.21. The minimum absolute atomic E-state index is 0.0931. The van der Waals surface area contributed by atoms with Crippen LogP contribution in [-0.2, 0) is 17.6 Å². The van der Waals surface area contributed by atoms with E-state index in [9.17, 15) is 4.79 Å².